The summed E-state index contributed by atoms with van der Waals surface area (Å²) in [5, 5.41) is 3.41. The second-order valence-corrected chi connectivity index (χ2v) is 6.23. The van der Waals surface area contributed by atoms with Crippen LogP contribution in [0.4, 0.5) is 5.82 Å². The molecule has 5 heteroatoms. The Labute approximate surface area is 129 Å². The van der Waals surface area contributed by atoms with Crippen LogP contribution in [-0.2, 0) is 11.3 Å². The minimum Gasteiger partial charge on any atom is -0.383 e. The normalized spacial score (nSPS) is 11.4. The summed E-state index contributed by atoms with van der Waals surface area (Å²) in [5.74, 6) is 2.15. The van der Waals surface area contributed by atoms with Crippen molar-refractivity contribution in [1.29, 1.82) is 0 Å². The Morgan fingerprint density at radius 2 is 1.95 bits per heavy atom. The van der Waals surface area contributed by atoms with E-state index in [1.807, 2.05) is 12.4 Å². The van der Waals surface area contributed by atoms with Gasteiger partial charge in [-0.05, 0) is 18.4 Å². The van der Waals surface area contributed by atoms with Crippen LogP contribution >= 0.6 is 0 Å². The van der Waals surface area contributed by atoms with Crippen LogP contribution in [0.2, 0.25) is 0 Å². The van der Waals surface area contributed by atoms with Gasteiger partial charge in [-0.15, -0.1) is 0 Å². The average molecular weight is 294 g/mol. The van der Waals surface area contributed by atoms with Crippen molar-refractivity contribution in [3.05, 3.63) is 18.1 Å². The van der Waals surface area contributed by atoms with Crippen LogP contribution in [-0.4, -0.2) is 43.3 Å². The van der Waals surface area contributed by atoms with Crippen molar-refractivity contribution in [3.63, 3.8) is 0 Å². The van der Waals surface area contributed by atoms with Gasteiger partial charge in [-0.1, -0.05) is 27.7 Å². The lowest BCUT2D eigenvalue weighted by atomic mass is 10.2. The van der Waals surface area contributed by atoms with Gasteiger partial charge in [0, 0.05) is 32.9 Å². The number of anilines is 1. The Morgan fingerprint density at radius 3 is 2.57 bits per heavy atom. The number of methoxy groups -OCH3 is 1. The van der Waals surface area contributed by atoms with Gasteiger partial charge in [0.15, 0.2) is 0 Å². The molecule has 0 aliphatic carbocycles. The van der Waals surface area contributed by atoms with E-state index in [0.29, 0.717) is 18.4 Å². The molecule has 0 fully saturated rings. The van der Waals surface area contributed by atoms with E-state index in [1.54, 1.807) is 7.11 Å². The topological polar surface area (TPSA) is 50.3 Å². The zero-order valence-corrected chi connectivity index (χ0v) is 14.1. The molecule has 0 aromatic carbocycles. The summed E-state index contributed by atoms with van der Waals surface area (Å²) in [5.41, 5.74) is 0.985. The number of hydrogen-bond donors (Lipinski definition) is 1. The van der Waals surface area contributed by atoms with Crippen molar-refractivity contribution in [2.24, 2.45) is 11.8 Å². The Kier molecular flexibility index (Phi) is 8.23. The van der Waals surface area contributed by atoms with Crippen LogP contribution < -0.4 is 10.2 Å². The number of nitrogens with one attached hydrogen (secondary N) is 1. The minimum atomic E-state index is 0.575. The van der Waals surface area contributed by atoms with Gasteiger partial charge in [0.25, 0.3) is 0 Å². The van der Waals surface area contributed by atoms with Gasteiger partial charge in [0.2, 0.25) is 0 Å². The molecule has 0 saturated heterocycles. The van der Waals surface area contributed by atoms with Gasteiger partial charge in [0.1, 0.15) is 5.82 Å². The molecule has 0 atom stereocenters. The maximum Gasteiger partial charge on any atom is 0.147 e. The standard InChI is InChI=1S/C16H30N4O/c1-13(2)8-17-9-15-10-18-11-16(19-15)20(6-7-21-5)12-14(3)4/h10-11,13-14,17H,6-9,12H2,1-5H3. The molecule has 0 amide bonds. The molecule has 0 radical (unpaired) electrons. The summed E-state index contributed by atoms with van der Waals surface area (Å²) in [6, 6.07) is 0. The monoisotopic (exact) mass is 294 g/mol. The van der Waals surface area contributed by atoms with E-state index in [4.69, 9.17) is 9.72 Å². The Balaban J connectivity index is 2.69. The maximum atomic E-state index is 5.19. The van der Waals surface area contributed by atoms with Crippen LogP contribution in [0, 0.1) is 11.8 Å². The molecule has 5 nitrogen and oxygen atoms in total. The third-order valence-electron chi connectivity index (χ3n) is 3.01. The van der Waals surface area contributed by atoms with E-state index >= 15 is 0 Å². The SMILES string of the molecule is COCCN(CC(C)C)c1cncc(CNCC(C)C)n1. The molecule has 120 valence electrons. The van der Waals surface area contributed by atoms with Crippen molar-refractivity contribution < 1.29 is 4.74 Å². The third kappa shape index (κ3) is 7.39. The summed E-state index contributed by atoms with van der Waals surface area (Å²) in [7, 11) is 1.73. The minimum absolute atomic E-state index is 0.575. The molecule has 1 N–H and O–H groups in total. The summed E-state index contributed by atoms with van der Waals surface area (Å²) >= 11 is 0. The van der Waals surface area contributed by atoms with Gasteiger partial charge in [-0.3, -0.25) is 4.98 Å². The molecule has 1 rings (SSSR count). The smallest absolute Gasteiger partial charge is 0.147 e. The van der Waals surface area contributed by atoms with Gasteiger partial charge in [-0.25, -0.2) is 4.98 Å². The lowest BCUT2D eigenvalue weighted by Gasteiger charge is -2.25. The summed E-state index contributed by atoms with van der Waals surface area (Å²) in [6.07, 6.45) is 3.67. The van der Waals surface area contributed by atoms with Crippen LogP contribution in [0.15, 0.2) is 12.4 Å². The maximum absolute atomic E-state index is 5.19. The molecule has 1 aromatic rings. The number of nitrogens with zero attached hydrogens (tertiary/aromatic N) is 3. The van der Waals surface area contributed by atoms with E-state index in [-0.39, 0.29) is 0 Å². The van der Waals surface area contributed by atoms with Crippen molar-refractivity contribution >= 4 is 5.82 Å². The highest BCUT2D eigenvalue weighted by Gasteiger charge is 2.11. The highest BCUT2D eigenvalue weighted by atomic mass is 16.5. The van der Waals surface area contributed by atoms with Crippen molar-refractivity contribution in [2.45, 2.75) is 34.2 Å². The zero-order valence-electron chi connectivity index (χ0n) is 14.1. The summed E-state index contributed by atoms with van der Waals surface area (Å²) < 4.78 is 5.19. The molecule has 0 unspecified atom stereocenters. The number of aromatic nitrogens is 2. The highest BCUT2D eigenvalue weighted by Crippen LogP contribution is 2.12. The molecule has 1 aromatic heterocycles. The fourth-order valence-corrected chi connectivity index (χ4v) is 2.06. The third-order valence-corrected chi connectivity index (χ3v) is 3.01. The van der Waals surface area contributed by atoms with Crippen LogP contribution in [0.1, 0.15) is 33.4 Å². The Morgan fingerprint density at radius 1 is 1.19 bits per heavy atom. The first-order valence-corrected chi connectivity index (χ1v) is 7.78. The predicted molar refractivity (Wildman–Crippen MR) is 87.5 cm³/mol. The molecule has 0 aliphatic rings. The number of rotatable bonds is 10. The van der Waals surface area contributed by atoms with Gasteiger partial charge in [-0.2, -0.15) is 0 Å². The first-order valence-electron chi connectivity index (χ1n) is 7.78. The second kappa shape index (κ2) is 9.68. The van der Waals surface area contributed by atoms with Crippen LogP contribution in [0.25, 0.3) is 0 Å². The van der Waals surface area contributed by atoms with E-state index in [1.165, 1.54) is 0 Å². The summed E-state index contributed by atoms with van der Waals surface area (Å²) in [6.45, 7) is 13.1. The Bertz CT molecular complexity index is 396. The summed E-state index contributed by atoms with van der Waals surface area (Å²) in [4.78, 5) is 11.3. The fraction of sp³-hybridized carbons (Fsp3) is 0.750. The van der Waals surface area contributed by atoms with Crippen molar-refractivity contribution in [2.75, 3.05) is 38.3 Å². The molecule has 0 spiro atoms. The zero-order chi connectivity index (χ0) is 15.7. The molecular formula is C16H30N4O. The fourth-order valence-electron chi connectivity index (χ4n) is 2.06. The quantitative estimate of drug-likeness (QED) is 0.718. The number of hydrogen-bond acceptors (Lipinski definition) is 5. The van der Waals surface area contributed by atoms with E-state index in [9.17, 15) is 0 Å². The van der Waals surface area contributed by atoms with E-state index in [0.717, 1.165) is 37.7 Å². The van der Waals surface area contributed by atoms with Crippen molar-refractivity contribution in [1.82, 2.24) is 15.3 Å². The highest BCUT2D eigenvalue weighted by molar-refractivity contribution is 5.36. The molecule has 21 heavy (non-hydrogen) atoms. The number of ether oxygens (including phenoxy) is 1. The molecular weight excluding hydrogens is 264 g/mol. The predicted octanol–water partition coefficient (Wildman–Crippen LogP) is 2.33. The molecule has 0 aliphatic heterocycles. The van der Waals surface area contributed by atoms with E-state index < -0.39 is 0 Å². The average Bonchev–Trinajstić information content (AvgIpc) is 2.43. The van der Waals surface area contributed by atoms with Gasteiger partial charge in [0.05, 0.1) is 18.5 Å². The van der Waals surface area contributed by atoms with Crippen LogP contribution in [0.5, 0.6) is 0 Å². The first-order chi connectivity index (χ1) is 10.0. The Hall–Kier alpha value is -1.20. The van der Waals surface area contributed by atoms with Crippen LogP contribution in [0.3, 0.4) is 0 Å². The second-order valence-electron chi connectivity index (χ2n) is 6.23. The van der Waals surface area contributed by atoms with E-state index in [2.05, 4.69) is 42.9 Å². The lowest BCUT2D eigenvalue weighted by Crippen LogP contribution is -2.32. The lowest BCUT2D eigenvalue weighted by molar-refractivity contribution is 0.204. The molecule has 1 heterocycles. The largest absolute Gasteiger partial charge is 0.383 e. The first kappa shape index (κ1) is 17.9. The van der Waals surface area contributed by atoms with Gasteiger partial charge >= 0.3 is 0 Å². The molecule has 0 saturated carbocycles. The van der Waals surface area contributed by atoms with Gasteiger partial charge < -0.3 is 15.0 Å². The van der Waals surface area contributed by atoms with Crippen molar-refractivity contribution in [3.8, 4) is 0 Å². The molecule has 0 bridgehead atoms.